The van der Waals surface area contributed by atoms with Crippen molar-refractivity contribution in [1.29, 1.82) is 0 Å². The Labute approximate surface area is 134 Å². The van der Waals surface area contributed by atoms with E-state index in [0.29, 0.717) is 26.0 Å². The number of rotatable bonds is 9. The number of hydrogen-bond acceptors (Lipinski definition) is 3. The molecule has 4 nitrogen and oxygen atoms in total. The molecule has 1 aliphatic rings. The van der Waals surface area contributed by atoms with Gasteiger partial charge in [0.1, 0.15) is 5.75 Å². The first-order valence-corrected chi connectivity index (χ1v) is 8.19. The minimum atomic E-state index is 0.0682. The molecule has 1 aliphatic carbocycles. The van der Waals surface area contributed by atoms with Crippen molar-refractivity contribution in [3.8, 4) is 5.75 Å². The average Bonchev–Trinajstić information content (AvgIpc) is 3.24. The van der Waals surface area contributed by atoms with Crippen LogP contribution >= 0.6 is 15.9 Å². The van der Waals surface area contributed by atoms with E-state index in [1.54, 1.807) is 0 Å². The molecule has 0 spiro atoms. The molecule has 21 heavy (non-hydrogen) atoms. The van der Waals surface area contributed by atoms with E-state index in [1.807, 2.05) is 24.3 Å². The van der Waals surface area contributed by atoms with Crippen molar-refractivity contribution in [2.24, 2.45) is 5.41 Å². The molecule has 0 heterocycles. The lowest BCUT2D eigenvalue weighted by molar-refractivity contribution is -0.121. The van der Waals surface area contributed by atoms with Crippen molar-refractivity contribution < 1.29 is 14.6 Å². The van der Waals surface area contributed by atoms with Gasteiger partial charge >= 0.3 is 0 Å². The highest BCUT2D eigenvalue weighted by atomic mass is 79.9. The highest BCUT2D eigenvalue weighted by molar-refractivity contribution is 9.10. The summed E-state index contributed by atoms with van der Waals surface area (Å²) in [5, 5.41) is 11.9. The Balaban J connectivity index is 1.56. The van der Waals surface area contributed by atoms with Gasteiger partial charge in [-0.25, -0.2) is 0 Å². The summed E-state index contributed by atoms with van der Waals surface area (Å²) in [7, 11) is 0. The fourth-order valence-electron chi connectivity index (χ4n) is 2.26. The molecule has 0 saturated heterocycles. The van der Waals surface area contributed by atoms with Crippen LogP contribution in [0.25, 0.3) is 0 Å². The van der Waals surface area contributed by atoms with Gasteiger partial charge in [0.05, 0.1) is 6.61 Å². The molecule has 0 aliphatic heterocycles. The van der Waals surface area contributed by atoms with Gasteiger partial charge in [-0.3, -0.25) is 4.79 Å². The maximum absolute atomic E-state index is 11.7. The topological polar surface area (TPSA) is 58.6 Å². The Kier molecular flexibility index (Phi) is 6.06. The molecule has 1 fully saturated rings. The molecule has 1 aromatic rings. The molecule has 0 aromatic heterocycles. The van der Waals surface area contributed by atoms with E-state index >= 15 is 0 Å². The quantitative estimate of drug-likeness (QED) is 0.669. The van der Waals surface area contributed by atoms with Gasteiger partial charge in [-0.1, -0.05) is 15.9 Å². The smallest absolute Gasteiger partial charge is 0.220 e. The third kappa shape index (κ3) is 5.67. The molecule has 0 unspecified atom stereocenters. The zero-order valence-electron chi connectivity index (χ0n) is 12.1. The van der Waals surface area contributed by atoms with Gasteiger partial charge < -0.3 is 15.2 Å². The summed E-state index contributed by atoms with van der Waals surface area (Å²) in [5.74, 6) is 0.886. The number of aliphatic hydroxyl groups is 1. The number of nitrogens with one attached hydrogen (secondary N) is 1. The molecule has 0 radical (unpaired) electrons. The first kappa shape index (κ1) is 16.3. The van der Waals surface area contributed by atoms with E-state index in [4.69, 9.17) is 9.84 Å². The predicted molar refractivity (Wildman–Crippen MR) is 85.3 cm³/mol. The average molecular weight is 356 g/mol. The lowest BCUT2D eigenvalue weighted by Gasteiger charge is -2.14. The van der Waals surface area contributed by atoms with Crippen LogP contribution in [0.1, 0.15) is 32.1 Å². The Hall–Kier alpha value is -1.07. The standard InChI is InChI=1S/C16H22BrNO3/c17-13-3-5-14(6-4-13)21-11-1-2-15(20)18-12-16(7-8-16)9-10-19/h3-6,19H,1-2,7-12H2,(H,18,20). The van der Waals surface area contributed by atoms with Gasteiger partial charge in [0.15, 0.2) is 0 Å². The molecule has 1 amide bonds. The number of hydrogen-bond donors (Lipinski definition) is 2. The summed E-state index contributed by atoms with van der Waals surface area (Å²) in [6.07, 6.45) is 4.20. The second-order valence-corrected chi connectivity index (χ2v) is 6.57. The highest BCUT2D eigenvalue weighted by Gasteiger charge is 2.41. The lowest BCUT2D eigenvalue weighted by atomic mass is 10.0. The zero-order valence-corrected chi connectivity index (χ0v) is 13.7. The molecule has 0 atom stereocenters. The maximum Gasteiger partial charge on any atom is 0.220 e. The zero-order chi connectivity index (χ0) is 15.1. The van der Waals surface area contributed by atoms with E-state index in [-0.39, 0.29) is 17.9 Å². The highest BCUT2D eigenvalue weighted by Crippen LogP contribution is 2.47. The van der Waals surface area contributed by atoms with Crippen LogP contribution in [-0.4, -0.2) is 30.8 Å². The summed E-state index contributed by atoms with van der Waals surface area (Å²) in [6.45, 7) is 1.44. The molecule has 1 saturated carbocycles. The molecule has 2 N–H and O–H groups in total. The van der Waals surface area contributed by atoms with Gasteiger partial charge in [-0.15, -0.1) is 0 Å². The van der Waals surface area contributed by atoms with E-state index in [2.05, 4.69) is 21.2 Å². The van der Waals surface area contributed by atoms with Crippen LogP contribution in [0.4, 0.5) is 0 Å². The Morgan fingerprint density at radius 2 is 2.05 bits per heavy atom. The minimum absolute atomic E-state index is 0.0682. The predicted octanol–water partition coefficient (Wildman–Crippen LogP) is 2.89. The second-order valence-electron chi connectivity index (χ2n) is 5.66. The Bertz CT molecular complexity index is 457. The van der Waals surface area contributed by atoms with Crippen molar-refractivity contribution >= 4 is 21.8 Å². The van der Waals surface area contributed by atoms with E-state index in [9.17, 15) is 4.79 Å². The Morgan fingerprint density at radius 3 is 2.67 bits per heavy atom. The van der Waals surface area contributed by atoms with Crippen LogP contribution in [0.15, 0.2) is 28.7 Å². The van der Waals surface area contributed by atoms with Crippen LogP contribution in [0, 0.1) is 5.41 Å². The summed E-state index contributed by atoms with van der Waals surface area (Å²) in [6, 6.07) is 7.66. The summed E-state index contributed by atoms with van der Waals surface area (Å²) in [5.41, 5.74) is 0.179. The number of benzene rings is 1. The van der Waals surface area contributed by atoms with E-state index in [1.165, 1.54) is 0 Å². The third-order valence-corrected chi connectivity index (χ3v) is 4.42. The van der Waals surface area contributed by atoms with Crippen molar-refractivity contribution in [1.82, 2.24) is 5.32 Å². The monoisotopic (exact) mass is 355 g/mol. The van der Waals surface area contributed by atoms with Crippen LogP contribution < -0.4 is 10.1 Å². The number of ether oxygens (including phenoxy) is 1. The van der Waals surface area contributed by atoms with Crippen LogP contribution in [0.2, 0.25) is 0 Å². The van der Waals surface area contributed by atoms with Crippen LogP contribution in [0.3, 0.4) is 0 Å². The number of amides is 1. The summed E-state index contributed by atoms with van der Waals surface area (Å²) >= 11 is 3.37. The fourth-order valence-corrected chi connectivity index (χ4v) is 2.52. The molecule has 1 aromatic carbocycles. The molecular weight excluding hydrogens is 334 g/mol. The molecule has 0 bridgehead atoms. The second kappa shape index (κ2) is 7.80. The minimum Gasteiger partial charge on any atom is -0.494 e. The number of aliphatic hydroxyl groups excluding tert-OH is 1. The molecule has 2 rings (SSSR count). The first-order valence-electron chi connectivity index (χ1n) is 7.39. The van der Waals surface area contributed by atoms with E-state index in [0.717, 1.165) is 29.5 Å². The van der Waals surface area contributed by atoms with Crippen molar-refractivity contribution in [3.05, 3.63) is 28.7 Å². The summed E-state index contributed by atoms with van der Waals surface area (Å²) in [4.78, 5) is 11.7. The SMILES string of the molecule is O=C(CCCOc1ccc(Br)cc1)NCC1(CCO)CC1. The van der Waals surface area contributed by atoms with Crippen molar-refractivity contribution in [2.45, 2.75) is 32.1 Å². The van der Waals surface area contributed by atoms with Gasteiger partial charge in [-0.05, 0) is 55.4 Å². The lowest BCUT2D eigenvalue weighted by Crippen LogP contribution is -2.30. The van der Waals surface area contributed by atoms with Gasteiger partial charge in [-0.2, -0.15) is 0 Å². The van der Waals surface area contributed by atoms with Crippen molar-refractivity contribution in [3.63, 3.8) is 0 Å². The largest absolute Gasteiger partial charge is 0.494 e. The van der Waals surface area contributed by atoms with Crippen LogP contribution in [0.5, 0.6) is 5.75 Å². The summed E-state index contributed by atoms with van der Waals surface area (Å²) < 4.78 is 6.59. The van der Waals surface area contributed by atoms with E-state index < -0.39 is 0 Å². The Morgan fingerprint density at radius 1 is 1.33 bits per heavy atom. The number of carbonyl (C=O) groups excluding carboxylic acids is 1. The van der Waals surface area contributed by atoms with Gasteiger partial charge in [0, 0.05) is 24.0 Å². The maximum atomic E-state index is 11.7. The van der Waals surface area contributed by atoms with Crippen molar-refractivity contribution in [2.75, 3.05) is 19.8 Å². The normalized spacial score (nSPS) is 15.5. The molecule has 5 heteroatoms. The molecular formula is C16H22BrNO3. The number of halogens is 1. The fraction of sp³-hybridized carbons (Fsp3) is 0.562. The molecule has 116 valence electrons. The third-order valence-electron chi connectivity index (χ3n) is 3.89. The first-order chi connectivity index (χ1) is 10.1. The van der Waals surface area contributed by atoms with Gasteiger partial charge in [0.2, 0.25) is 5.91 Å². The van der Waals surface area contributed by atoms with Crippen LogP contribution in [-0.2, 0) is 4.79 Å². The number of carbonyl (C=O) groups is 1. The van der Waals surface area contributed by atoms with Gasteiger partial charge in [0.25, 0.3) is 0 Å².